The third-order valence-electron chi connectivity index (χ3n) is 10.3. The summed E-state index contributed by atoms with van der Waals surface area (Å²) >= 11 is 0. The van der Waals surface area contributed by atoms with Crippen molar-refractivity contribution in [2.45, 2.75) is 13.8 Å². The Labute approximate surface area is 321 Å². The Morgan fingerprint density at radius 3 is 0.893 bits per heavy atom. The topological polar surface area (TPSA) is 132 Å². The van der Waals surface area contributed by atoms with Crippen molar-refractivity contribution in [3.8, 4) is 44.5 Å². The van der Waals surface area contributed by atoms with E-state index in [4.69, 9.17) is 9.97 Å². The van der Waals surface area contributed by atoms with Gasteiger partial charge in [0.2, 0.25) is 0 Å². The first-order valence-electron chi connectivity index (χ1n) is 18.2. The maximum atomic E-state index is 11.8. The second-order valence-electron chi connectivity index (χ2n) is 14.0. The van der Waals surface area contributed by atoms with Crippen LogP contribution in [-0.4, -0.2) is 42.1 Å². The Morgan fingerprint density at radius 1 is 0.393 bits per heavy atom. The lowest BCUT2D eigenvalue weighted by Crippen LogP contribution is -1.96. The van der Waals surface area contributed by atoms with Gasteiger partial charge < -0.3 is 20.2 Å². The SMILES string of the molecule is Cc1ccc(-c2c3nc(c(-c4ccc(C)cc4)c4ccc([nH]4)c(-c4ccc(C(=O)O)cc4)c4nc(c(-c5ccc(C(=O)O)cc5)c5ccc2[nH]5)C=C4)C=C3)cc1. The number of aryl methyl sites for hydroxylation is 2. The number of aromatic amines is 2. The average Bonchev–Trinajstić information content (AvgIpc) is 4.05. The number of hydrogen-bond donors (Lipinski definition) is 4. The van der Waals surface area contributed by atoms with Gasteiger partial charge >= 0.3 is 11.9 Å². The molecule has 0 amide bonds. The number of nitrogens with one attached hydrogen (secondary N) is 2. The Morgan fingerprint density at radius 2 is 0.643 bits per heavy atom. The van der Waals surface area contributed by atoms with Crippen molar-refractivity contribution in [3.63, 3.8) is 0 Å². The minimum atomic E-state index is -1.00. The van der Waals surface area contributed by atoms with Crippen molar-refractivity contribution in [2.75, 3.05) is 0 Å². The van der Waals surface area contributed by atoms with Gasteiger partial charge in [0.1, 0.15) is 0 Å². The molecule has 56 heavy (non-hydrogen) atoms. The molecule has 8 bridgehead atoms. The lowest BCUT2D eigenvalue weighted by atomic mass is 10.0. The van der Waals surface area contributed by atoms with Gasteiger partial charge in [-0.1, -0.05) is 83.9 Å². The van der Waals surface area contributed by atoms with Crippen LogP contribution >= 0.6 is 0 Å². The van der Waals surface area contributed by atoms with Crippen molar-refractivity contribution in [3.05, 3.63) is 166 Å². The highest BCUT2D eigenvalue weighted by Gasteiger charge is 2.19. The first-order chi connectivity index (χ1) is 27.2. The van der Waals surface area contributed by atoms with Gasteiger partial charge in [0.15, 0.2) is 0 Å². The molecular formula is C48H34N4O4. The molecule has 0 radical (unpaired) electrons. The van der Waals surface area contributed by atoms with Crippen molar-refractivity contribution >= 4 is 58.3 Å². The van der Waals surface area contributed by atoms with Crippen LogP contribution in [0.4, 0.5) is 0 Å². The molecule has 2 aliphatic heterocycles. The summed E-state index contributed by atoms with van der Waals surface area (Å²) in [5.74, 6) is -2.01. The Bertz CT molecular complexity index is 2750. The number of rotatable bonds is 6. The number of aromatic carboxylic acids is 2. The molecule has 0 saturated heterocycles. The predicted octanol–water partition coefficient (Wildman–Crippen LogP) is 11.3. The maximum absolute atomic E-state index is 11.8. The van der Waals surface area contributed by atoms with Crippen LogP contribution in [0.3, 0.4) is 0 Å². The van der Waals surface area contributed by atoms with Gasteiger partial charge in [0.05, 0.1) is 33.9 Å². The molecule has 2 aliphatic rings. The van der Waals surface area contributed by atoms with Crippen LogP contribution in [0.2, 0.25) is 0 Å². The third-order valence-corrected chi connectivity index (χ3v) is 10.3. The van der Waals surface area contributed by atoms with Crippen molar-refractivity contribution < 1.29 is 19.8 Å². The molecule has 5 heterocycles. The second-order valence-corrected chi connectivity index (χ2v) is 14.0. The van der Waals surface area contributed by atoms with Crippen LogP contribution < -0.4 is 0 Å². The molecule has 270 valence electrons. The molecule has 9 rings (SSSR count). The number of H-pyrrole nitrogens is 2. The van der Waals surface area contributed by atoms with E-state index in [1.807, 2.05) is 24.3 Å². The van der Waals surface area contributed by atoms with Gasteiger partial charge in [-0.05, 0) is 109 Å². The number of hydrogen-bond acceptors (Lipinski definition) is 4. The zero-order chi connectivity index (χ0) is 38.5. The normalized spacial score (nSPS) is 11.9. The first kappa shape index (κ1) is 34.2. The Kier molecular flexibility index (Phi) is 8.36. The summed E-state index contributed by atoms with van der Waals surface area (Å²) in [6.45, 7) is 4.14. The second kappa shape index (κ2) is 13.7. The van der Waals surface area contributed by atoms with Crippen molar-refractivity contribution in [2.24, 2.45) is 0 Å². The number of nitrogens with zero attached hydrogens (tertiary/aromatic N) is 2. The van der Waals surface area contributed by atoms with Gasteiger partial charge in [0.25, 0.3) is 0 Å². The Balaban J connectivity index is 1.44. The van der Waals surface area contributed by atoms with Crippen LogP contribution in [0.5, 0.6) is 0 Å². The Hall–Kier alpha value is -7.58. The van der Waals surface area contributed by atoms with E-state index in [-0.39, 0.29) is 11.1 Å². The van der Waals surface area contributed by atoms with Crippen LogP contribution in [-0.2, 0) is 0 Å². The van der Waals surface area contributed by atoms with Crippen molar-refractivity contribution in [1.82, 2.24) is 19.9 Å². The maximum Gasteiger partial charge on any atom is 0.335 e. The fourth-order valence-corrected chi connectivity index (χ4v) is 7.42. The van der Waals surface area contributed by atoms with Crippen LogP contribution in [0, 0.1) is 13.8 Å². The molecule has 3 aromatic heterocycles. The summed E-state index contributed by atoms with van der Waals surface area (Å²) in [5.41, 5.74) is 15.9. The summed E-state index contributed by atoms with van der Waals surface area (Å²) in [6.07, 6.45) is 8.04. The van der Waals surface area contributed by atoms with Crippen molar-refractivity contribution in [1.29, 1.82) is 0 Å². The number of carbonyl (C=O) groups is 2. The minimum absolute atomic E-state index is 0.184. The molecule has 0 aliphatic carbocycles. The van der Waals surface area contributed by atoms with E-state index in [2.05, 4.69) is 96.6 Å². The van der Waals surface area contributed by atoms with Gasteiger partial charge in [0, 0.05) is 44.3 Å². The zero-order valence-electron chi connectivity index (χ0n) is 30.5. The number of benzene rings is 4. The third kappa shape index (κ3) is 6.19. The molecule has 0 fully saturated rings. The molecule has 4 aromatic carbocycles. The highest BCUT2D eigenvalue weighted by molar-refractivity contribution is 6.00. The average molecular weight is 731 g/mol. The molecule has 8 nitrogen and oxygen atoms in total. The fraction of sp³-hybridized carbons (Fsp3) is 0.0417. The number of carboxylic acids is 2. The van der Waals surface area contributed by atoms with Gasteiger partial charge in [-0.3, -0.25) is 0 Å². The molecule has 0 spiro atoms. The van der Waals surface area contributed by atoms with E-state index in [9.17, 15) is 19.8 Å². The standard InChI is InChI=1S/C48H34N4O4/c1-27-3-7-29(8-4-27)43-35-19-20-36(49-35)44(30-9-5-28(2)6-10-30)38-22-24-40(51-38)46(32-13-17-34(18-14-32)48(55)56)42-26-25-41(52-42)45(39-23-21-37(43)50-39)31-11-15-33(16-12-31)47(53)54/h3-26,50-51H,1-2H3,(H,53,54)(H,55,56). The molecular weight excluding hydrogens is 697 g/mol. The summed E-state index contributed by atoms with van der Waals surface area (Å²) in [7, 11) is 0. The summed E-state index contributed by atoms with van der Waals surface area (Å²) in [5, 5.41) is 19.4. The highest BCUT2D eigenvalue weighted by Crippen LogP contribution is 2.38. The quantitative estimate of drug-likeness (QED) is 0.135. The smallest absolute Gasteiger partial charge is 0.335 e. The van der Waals surface area contributed by atoms with Crippen LogP contribution in [0.1, 0.15) is 54.6 Å². The molecule has 7 aromatic rings. The van der Waals surface area contributed by atoms with E-state index >= 15 is 0 Å². The monoisotopic (exact) mass is 730 g/mol. The molecule has 0 unspecified atom stereocenters. The largest absolute Gasteiger partial charge is 0.478 e. The van der Waals surface area contributed by atoms with Gasteiger partial charge in [-0.15, -0.1) is 0 Å². The summed E-state index contributed by atoms with van der Waals surface area (Å²) in [4.78, 5) is 41.6. The van der Waals surface area contributed by atoms with Gasteiger partial charge in [-0.25, -0.2) is 19.6 Å². The molecule has 8 heteroatoms. The molecule has 4 N–H and O–H groups in total. The summed E-state index contributed by atoms with van der Waals surface area (Å²) < 4.78 is 0. The predicted molar refractivity (Wildman–Crippen MR) is 224 cm³/mol. The lowest BCUT2D eigenvalue weighted by molar-refractivity contribution is 0.0686. The molecule has 0 saturated carbocycles. The molecule has 0 atom stereocenters. The van der Waals surface area contributed by atoms with Crippen LogP contribution in [0.15, 0.2) is 121 Å². The minimum Gasteiger partial charge on any atom is -0.478 e. The van der Waals surface area contributed by atoms with E-state index in [1.54, 1.807) is 48.5 Å². The van der Waals surface area contributed by atoms with Crippen LogP contribution in [0.25, 0.3) is 90.9 Å². The number of fused-ring (bicyclic) bond motifs is 8. The lowest BCUT2D eigenvalue weighted by Gasteiger charge is -2.08. The van der Waals surface area contributed by atoms with E-state index in [0.29, 0.717) is 11.4 Å². The fourth-order valence-electron chi connectivity index (χ4n) is 7.42. The number of carboxylic acid groups (broad SMARTS) is 2. The highest BCUT2D eigenvalue weighted by atomic mass is 16.4. The summed E-state index contributed by atoms with van der Waals surface area (Å²) in [6, 6.07) is 38.6. The number of aromatic nitrogens is 4. The zero-order valence-corrected chi connectivity index (χ0v) is 30.5. The van der Waals surface area contributed by atoms with Gasteiger partial charge in [-0.2, -0.15) is 0 Å². The van der Waals surface area contributed by atoms with E-state index in [0.717, 1.165) is 89.1 Å². The van der Waals surface area contributed by atoms with E-state index < -0.39 is 11.9 Å². The first-order valence-corrected chi connectivity index (χ1v) is 18.2. The van der Waals surface area contributed by atoms with E-state index in [1.165, 1.54) is 0 Å².